The van der Waals surface area contributed by atoms with Crippen molar-refractivity contribution in [3.8, 4) is 0 Å². The highest BCUT2D eigenvalue weighted by atomic mass is 32.2. The Morgan fingerprint density at radius 3 is 2.85 bits per heavy atom. The standard InChI is InChI=1S/C14H25N3O2S/c1-20-12-5-2-4-11(10-12)16-13(18)14(19)17-8-3-6-15-7-9-17/h11-12,15H,2-10H2,1H3,(H,16,18). The first-order valence-electron chi connectivity index (χ1n) is 7.54. The number of carbonyl (C=O) groups excluding carboxylic acids is 2. The lowest BCUT2D eigenvalue weighted by atomic mass is 9.95. The summed E-state index contributed by atoms with van der Waals surface area (Å²) in [5.41, 5.74) is 0. The summed E-state index contributed by atoms with van der Waals surface area (Å²) in [6.07, 6.45) is 7.37. The van der Waals surface area contributed by atoms with Crippen molar-refractivity contribution in [2.45, 2.75) is 43.4 Å². The Kier molecular flexibility index (Phi) is 6.16. The van der Waals surface area contributed by atoms with Crippen molar-refractivity contribution in [1.82, 2.24) is 15.5 Å². The molecule has 2 rings (SSSR count). The second-order valence-electron chi connectivity index (χ2n) is 5.59. The zero-order valence-corrected chi connectivity index (χ0v) is 13.0. The fourth-order valence-corrected chi connectivity index (χ4v) is 3.76. The van der Waals surface area contributed by atoms with Crippen LogP contribution in [0.3, 0.4) is 0 Å². The second kappa shape index (κ2) is 7.88. The molecule has 5 nitrogen and oxygen atoms in total. The van der Waals surface area contributed by atoms with Gasteiger partial charge in [0.2, 0.25) is 0 Å². The van der Waals surface area contributed by atoms with Crippen LogP contribution in [0.2, 0.25) is 0 Å². The molecular formula is C14H25N3O2S. The molecule has 1 aliphatic carbocycles. The van der Waals surface area contributed by atoms with Crippen LogP contribution in [0.25, 0.3) is 0 Å². The summed E-state index contributed by atoms with van der Waals surface area (Å²) in [6.45, 7) is 3.00. The molecule has 2 atom stereocenters. The van der Waals surface area contributed by atoms with Gasteiger partial charge in [-0.05, 0) is 38.5 Å². The predicted molar refractivity (Wildman–Crippen MR) is 81.8 cm³/mol. The summed E-state index contributed by atoms with van der Waals surface area (Å²) < 4.78 is 0. The summed E-state index contributed by atoms with van der Waals surface area (Å²) >= 11 is 1.86. The summed E-state index contributed by atoms with van der Waals surface area (Å²) in [5, 5.41) is 6.79. The number of hydrogen-bond acceptors (Lipinski definition) is 4. The molecule has 0 spiro atoms. The zero-order chi connectivity index (χ0) is 14.4. The first-order valence-corrected chi connectivity index (χ1v) is 8.82. The van der Waals surface area contributed by atoms with E-state index in [-0.39, 0.29) is 11.9 Å². The Morgan fingerprint density at radius 1 is 1.20 bits per heavy atom. The van der Waals surface area contributed by atoms with Crippen molar-refractivity contribution in [1.29, 1.82) is 0 Å². The monoisotopic (exact) mass is 299 g/mol. The van der Waals surface area contributed by atoms with Gasteiger partial charge in [0.1, 0.15) is 0 Å². The third-order valence-corrected chi connectivity index (χ3v) is 5.21. The molecule has 6 heteroatoms. The topological polar surface area (TPSA) is 61.4 Å². The summed E-state index contributed by atoms with van der Waals surface area (Å²) in [4.78, 5) is 25.9. The fraction of sp³-hybridized carbons (Fsp3) is 0.857. The Balaban J connectivity index is 1.82. The molecule has 2 amide bonds. The van der Waals surface area contributed by atoms with Crippen LogP contribution < -0.4 is 10.6 Å². The Morgan fingerprint density at radius 2 is 2.05 bits per heavy atom. The molecule has 2 aliphatic rings. The molecule has 1 heterocycles. The molecule has 1 aliphatic heterocycles. The molecule has 0 aromatic carbocycles. The van der Waals surface area contributed by atoms with Crippen LogP contribution in [0.4, 0.5) is 0 Å². The first-order chi connectivity index (χ1) is 9.70. The lowest BCUT2D eigenvalue weighted by molar-refractivity contribution is -0.146. The van der Waals surface area contributed by atoms with Crippen molar-refractivity contribution in [3.05, 3.63) is 0 Å². The van der Waals surface area contributed by atoms with Gasteiger partial charge in [-0.1, -0.05) is 6.42 Å². The maximum atomic E-state index is 12.2. The van der Waals surface area contributed by atoms with Crippen LogP contribution in [0.15, 0.2) is 0 Å². The van der Waals surface area contributed by atoms with Gasteiger partial charge in [-0.25, -0.2) is 0 Å². The lowest BCUT2D eigenvalue weighted by Crippen LogP contribution is -2.48. The molecule has 20 heavy (non-hydrogen) atoms. The van der Waals surface area contributed by atoms with E-state index in [9.17, 15) is 9.59 Å². The Bertz CT molecular complexity index is 343. The molecule has 114 valence electrons. The van der Waals surface area contributed by atoms with E-state index in [1.54, 1.807) is 4.90 Å². The average Bonchev–Trinajstić information content (AvgIpc) is 2.75. The number of nitrogens with zero attached hydrogens (tertiary/aromatic N) is 1. The van der Waals surface area contributed by atoms with E-state index in [4.69, 9.17) is 0 Å². The van der Waals surface area contributed by atoms with Gasteiger partial charge in [-0.2, -0.15) is 11.8 Å². The van der Waals surface area contributed by atoms with E-state index in [1.165, 1.54) is 6.42 Å². The van der Waals surface area contributed by atoms with Gasteiger partial charge < -0.3 is 15.5 Å². The number of rotatable bonds is 2. The minimum Gasteiger partial charge on any atom is -0.345 e. The quantitative estimate of drug-likeness (QED) is 0.733. The van der Waals surface area contributed by atoms with Gasteiger partial charge in [0, 0.05) is 30.9 Å². The van der Waals surface area contributed by atoms with E-state index in [0.29, 0.717) is 18.3 Å². The first kappa shape index (κ1) is 15.6. The highest BCUT2D eigenvalue weighted by Gasteiger charge is 2.27. The number of thioether (sulfide) groups is 1. The molecular weight excluding hydrogens is 274 g/mol. The van der Waals surface area contributed by atoms with Crippen molar-refractivity contribution < 1.29 is 9.59 Å². The summed E-state index contributed by atoms with van der Waals surface area (Å²) in [6, 6.07) is 0.169. The van der Waals surface area contributed by atoms with Gasteiger partial charge in [0.05, 0.1) is 0 Å². The van der Waals surface area contributed by atoms with Crippen LogP contribution in [0.5, 0.6) is 0 Å². The number of nitrogens with one attached hydrogen (secondary N) is 2. The normalized spacial score (nSPS) is 27.8. The SMILES string of the molecule is CSC1CCCC(NC(=O)C(=O)N2CCCNCC2)C1. The Labute approximate surface area is 125 Å². The van der Waals surface area contributed by atoms with Crippen LogP contribution in [-0.2, 0) is 9.59 Å². The van der Waals surface area contributed by atoms with E-state index >= 15 is 0 Å². The fourth-order valence-electron chi connectivity index (χ4n) is 2.93. The molecule has 2 unspecified atom stereocenters. The molecule has 0 aromatic heterocycles. The smallest absolute Gasteiger partial charge is 0.311 e. The van der Waals surface area contributed by atoms with Gasteiger partial charge in [0.25, 0.3) is 0 Å². The highest BCUT2D eigenvalue weighted by molar-refractivity contribution is 7.99. The number of amides is 2. The van der Waals surface area contributed by atoms with Crippen LogP contribution in [-0.4, -0.2) is 60.4 Å². The van der Waals surface area contributed by atoms with Crippen molar-refractivity contribution in [2.24, 2.45) is 0 Å². The number of carbonyl (C=O) groups is 2. The summed E-state index contributed by atoms with van der Waals surface area (Å²) in [5.74, 6) is -0.779. The molecule has 2 N–H and O–H groups in total. The van der Waals surface area contributed by atoms with Gasteiger partial charge in [-0.15, -0.1) is 0 Å². The highest BCUT2D eigenvalue weighted by Crippen LogP contribution is 2.26. The van der Waals surface area contributed by atoms with Crippen LogP contribution in [0.1, 0.15) is 32.1 Å². The molecule has 1 saturated carbocycles. The average molecular weight is 299 g/mol. The van der Waals surface area contributed by atoms with E-state index in [1.807, 2.05) is 11.8 Å². The lowest BCUT2D eigenvalue weighted by Gasteiger charge is -2.29. The van der Waals surface area contributed by atoms with E-state index in [0.717, 1.165) is 38.8 Å². The molecule has 0 radical (unpaired) electrons. The van der Waals surface area contributed by atoms with Crippen molar-refractivity contribution in [2.75, 3.05) is 32.4 Å². The minimum atomic E-state index is -0.418. The zero-order valence-electron chi connectivity index (χ0n) is 12.2. The second-order valence-corrected chi connectivity index (χ2v) is 6.73. The molecule has 0 aromatic rings. The maximum Gasteiger partial charge on any atom is 0.311 e. The molecule has 1 saturated heterocycles. The van der Waals surface area contributed by atoms with Crippen molar-refractivity contribution >= 4 is 23.6 Å². The predicted octanol–water partition coefficient (Wildman–Crippen LogP) is 0.599. The van der Waals surface area contributed by atoms with Crippen molar-refractivity contribution in [3.63, 3.8) is 0 Å². The Hall–Kier alpha value is -0.750. The van der Waals surface area contributed by atoms with Crippen LogP contribution >= 0.6 is 11.8 Å². The maximum absolute atomic E-state index is 12.2. The van der Waals surface area contributed by atoms with Crippen LogP contribution in [0, 0.1) is 0 Å². The summed E-state index contributed by atoms with van der Waals surface area (Å²) in [7, 11) is 0. The van der Waals surface area contributed by atoms with Gasteiger partial charge in [0.15, 0.2) is 0 Å². The largest absolute Gasteiger partial charge is 0.345 e. The number of hydrogen-bond donors (Lipinski definition) is 2. The third-order valence-electron chi connectivity index (χ3n) is 4.12. The molecule has 2 fully saturated rings. The van der Waals surface area contributed by atoms with E-state index in [2.05, 4.69) is 16.9 Å². The van der Waals surface area contributed by atoms with Gasteiger partial charge >= 0.3 is 11.8 Å². The van der Waals surface area contributed by atoms with Gasteiger partial charge in [-0.3, -0.25) is 9.59 Å². The molecule has 0 bridgehead atoms. The van der Waals surface area contributed by atoms with E-state index < -0.39 is 5.91 Å². The minimum absolute atomic E-state index is 0.169. The third kappa shape index (κ3) is 4.38.